The summed E-state index contributed by atoms with van der Waals surface area (Å²) in [4.78, 5) is 11.4. The lowest BCUT2D eigenvalue weighted by Gasteiger charge is -2.04. The highest BCUT2D eigenvalue weighted by atomic mass is 19.1. The van der Waals surface area contributed by atoms with E-state index >= 15 is 0 Å². The van der Waals surface area contributed by atoms with Crippen LogP contribution < -0.4 is 5.32 Å². The molecule has 90 valence electrons. The molecular weight excluding hydrogens is 219 g/mol. The van der Waals surface area contributed by atoms with Crippen molar-refractivity contribution < 1.29 is 9.18 Å². The average molecular weight is 234 g/mol. The largest absolute Gasteiger partial charge is 0.348 e. The van der Waals surface area contributed by atoms with Crippen molar-refractivity contribution in [2.75, 3.05) is 5.32 Å². The first-order valence-corrected chi connectivity index (χ1v) is 5.66. The second-order valence-electron chi connectivity index (χ2n) is 4.12. The lowest BCUT2D eigenvalue weighted by molar-refractivity contribution is -0.116. The highest BCUT2D eigenvalue weighted by Crippen LogP contribution is 2.23. The van der Waals surface area contributed by atoms with Gasteiger partial charge < -0.3 is 9.88 Å². The second-order valence-corrected chi connectivity index (χ2v) is 4.12. The topological polar surface area (TPSA) is 34.0 Å². The van der Waals surface area contributed by atoms with Crippen molar-refractivity contribution in [1.82, 2.24) is 4.57 Å². The molecular formula is C13H15FN2O. The molecule has 0 atom stereocenters. The van der Waals surface area contributed by atoms with Crippen molar-refractivity contribution in [2.45, 2.75) is 19.8 Å². The van der Waals surface area contributed by atoms with Crippen molar-refractivity contribution >= 4 is 22.5 Å². The van der Waals surface area contributed by atoms with Crippen LogP contribution in [0.4, 0.5) is 10.1 Å². The normalized spacial score (nSPS) is 10.8. The Labute approximate surface area is 99.2 Å². The van der Waals surface area contributed by atoms with E-state index in [9.17, 15) is 9.18 Å². The number of hydrogen-bond donors (Lipinski definition) is 1. The molecule has 0 aliphatic carbocycles. The molecule has 2 aromatic rings. The number of amides is 1. The molecule has 0 saturated carbocycles. The zero-order valence-electron chi connectivity index (χ0n) is 9.96. The molecule has 0 unspecified atom stereocenters. The van der Waals surface area contributed by atoms with E-state index in [1.807, 2.05) is 6.92 Å². The maximum absolute atomic E-state index is 13.5. The number of carbonyl (C=O) groups excluding carboxylic acids is 1. The number of rotatable bonds is 3. The second kappa shape index (κ2) is 4.57. The number of anilines is 1. The number of nitrogens with one attached hydrogen (secondary N) is 1. The Morgan fingerprint density at radius 3 is 2.94 bits per heavy atom. The van der Waals surface area contributed by atoms with Gasteiger partial charge in [-0.15, -0.1) is 0 Å². The number of carbonyl (C=O) groups is 1. The van der Waals surface area contributed by atoms with E-state index in [0.29, 0.717) is 17.5 Å². The summed E-state index contributed by atoms with van der Waals surface area (Å²) >= 11 is 0. The van der Waals surface area contributed by atoms with Crippen LogP contribution in [0, 0.1) is 5.82 Å². The fourth-order valence-corrected chi connectivity index (χ4v) is 1.87. The van der Waals surface area contributed by atoms with E-state index in [2.05, 4.69) is 5.32 Å². The predicted octanol–water partition coefficient (Wildman–Crippen LogP) is 3.06. The predicted molar refractivity (Wildman–Crippen MR) is 66.4 cm³/mol. The molecule has 0 bridgehead atoms. The maximum atomic E-state index is 13.5. The van der Waals surface area contributed by atoms with E-state index < -0.39 is 0 Å². The van der Waals surface area contributed by atoms with Crippen LogP contribution >= 0.6 is 0 Å². The van der Waals surface area contributed by atoms with Gasteiger partial charge in [-0.1, -0.05) is 6.92 Å². The summed E-state index contributed by atoms with van der Waals surface area (Å²) in [6.45, 7) is 1.94. The van der Waals surface area contributed by atoms with Crippen LogP contribution in [0.5, 0.6) is 0 Å². The first-order chi connectivity index (χ1) is 8.11. The van der Waals surface area contributed by atoms with Gasteiger partial charge in [-0.2, -0.15) is 0 Å². The highest BCUT2D eigenvalue weighted by molar-refractivity contribution is 5.94. The van der Waals surface area contributed by atoms with Gasteiger partial charge in [-0.3, -0.25) is 4.79 Å². The third kappa shape index (κ3) is 2.30. The van der Waals surface area contributed by atoms with Crippen molar-refractivity contribution in [3.05, 3.63) is 30.2 Å². The number of aryl methyl sites for hydroxylation is 1. The summed E-state index contributed by atoms with van der Waals surface area (Å²) in [6, 6.07) is 5.26. The zero-order valence-corrected chi connectivity index (χ0v) is 9.96. The molecule has 0 radical (unpaired) electrons. The molecule has 3 nitrogen and oxygen atoms in total. The van der Waals surface area contributed by atoms with Gasteiger partial charge in [0.25, 0.3) is 0 Å². The fourth-order valence-electron chi connectivity index (χ4n) is 1.87. The molecule has 0 spiro atoms. The molecule has 4 heteroatoms. The van der Waals surface area contributed by atoms with Gasteiger partial charge in [0.05, 0.1) is 5.52 Å². The van der Waals surface area contributed by atoms with Crippen molar-refractivity contribution in [3.8, 4) is 0 Å². The summed E-state index contributed by atoms with van der Waals surface area (Å²) in [7, 11) is 1.79. The zero-order chi connectivity index (χ0) is 12.4. The van der Waals surface area contributed by atoms with Crippen molar-refractivity contribution in [2.24, 2.45) is 7.05 Å². The molecule has 1 aromatic heterocycles. The van der Waals surface area contributed by atoms with Gasteiger partial charge in [0, 0.05) is 30.7 Å². The standard InChI is InChI=1S/C13H15FN2O/c1-3-4-13(17)15-9-5-6-12-10(7-9)11(14)8-16(12)2/h5-8H,3-4H2,1-2H3,(H,15,17). The number of benzene rings is 1. The molecule has 0 fully saturated rings. The highest BCUT2D eigenvalue weighted by Gasteiger charge is 2.08. The number of nitrogens with zero attached hydrogens (tertiary/aromatic N) is 1. The third-order valence-electron chi connectivity index (χ3n) is 2.70. The maximum Gasteiger partial charge on any atom is 0.224 e. The van der Waals surface area contributed by atoms with E-state index in [1.54, 1.807) is 29.8 Å². The Hall–Kier alpha value is -1.84. The van der Waals surface area contributed by atoms with Crippen LogP contribution in [0.1, 0.15) is 19.8 Å². The van der Waals surface area contributed by atoms with E-state index in [1.165, 1.54) is 6.20 Å². The van der Waals surface area contributed by atoms with Gasteiger partial charge in [-0.25, -0.2) is 4.39 Å². The lowest BCUT2D eigenvalue weighted by atomic mass is 10.2. The molecule has 1 heterocycles. The molecule has 17 heavy (non-hydrogen) atoms. The molecule has 1 aromatic carbocycles. The van der Waals surface area contributed by atoms with Crippen LogP contribution in [0.25, 0.3) is 10.9 Å². The molecule has 0 aliphatic heterocycles. The lowest BCUT2D eigenvalue weighted by Crippen LogP contribution is -2.10. The van der Waals surface area contributed by atoms with E-state index in [0.717, 1.165) is 11.9 Å². The quantitative estimate of drug-likeness (QED) is 0.870. The Morgan fingerprint density at radius 1 is 1.47 bits per heavy atom. The van der Waals surface area contributed by atoms with Gasteiger partial charge in [0.1, 0.15) is 5.82 Å². The monoisotopic (exact) mass is 234 g/mol. The fraction of sp³-hybridized carbons (Fsp3) is 0.308. The SMILES string of the molecule is CCCC(=O)Nc1ccc2c(c1)c(F)cn2C. The minimum absolute atomic E-state index is 0.0387. The first-order valence-electron chi connectivity index (χ1n) is 5.66. The van der Waals surface area contributed by atoms with Gasteiger partial charge >= 0.3 is 0 Å². The Bertz CT molecular complexity index is 560. The Morgan fingerprint density at radius 2 is 2.24 bits per heavy atom. The molecule has 2 rings (SSSR count). The number of aromatic nitrogens is 1. The smallest absolute Gasteiger partial charge is 0.224 e. The number of hydrogen-bond acceptors (Lipinski definition) is 1. The van der Waals surface area contributed by atoms with Crippen LogP contribution in [0.2, 0.25) is 0 Å². The molecule has 0 saturated heterocycles. The summed E-state index contributed by atoms with van der Waals surface area (Å²) < 4.78 is 15.3. The van der Waals surface area contributed by atoms with Gasteiger partial charge in [0.15, 0.2) is 0 Å². The van der Waals surface area contributed by atoms with Crippen molar-refractivity contribution in [1.29, 1.82) is 0 Å². The summed E-state index contributed by atoms with van der Waals surface area (Å²) in [5.74, 6) is -0.308. The van der Waals surface area contributed by atoms with Gasteiger partial charge in [-0.05, 0) is 24.6 Å². The molecule has 0 aliphatic rings. The van der Waals surface area contributed by atoms with Crippen LogP contribution in [-0.4, -0.2) is 10.5 Å². The third-order valence-corrected chi connectivity index (χ3v) is 2.70. The first kappa shape index (κ1) is 11.6. The minimum atomic E-state index is -0.269. The summed E-state index contributed by atoms with van der Waals surface area (Å²) in [5.41, 5.74) is 1.46. The Kier molecular flexibility index (Phi) is 3.13. The number of halogens is 1. The van der Waals surface area contributed by atoms with Crippen molar-refractivity contribution in [3.63, 3.8) is 0 Å². The number of fused-ring (bicyclic) bond motifs is 1. The average Bonchev–Trinajstić information content (AvgIpc) is 2.55. The van der Waals surface area contributed by atoms with E-state index in [4.69, 9.17) is 0 Å². The van der Waals surface area contributed by atoms with Crippen LogP contribution in [0.15, 0.2) is 24.4 Å². The summed E-state index contributed by atoms with van der Waals surface area (Å²) in [6.07, 6.45) is 2.71. The molecule has 1 N–H and O–H groups in total. The Balaban J connectivity index is 2.31. The van der Waals surface area contributed by atoms with Crippen LogP contribution in [-0.2, 0) is 11.8 Å². The van der Waals surface area contributed by atoms with Crippen LogP contribution in [0.3, 0.4) is 0 Å². The van der Waals surface area contributed by atoms with E-state index in [-0.39, 0.29) is 11.7 Å². The molecule has 1 amide bonds. The minimum Gasteiger partial charge on any atom is -0.348 e. The summed E-state index contributed by atoms with van der Waals surface area (Å²) in [5, 5.41) is 3.29. The van der Waals surface area contributed by atoms with Gasteiger partial charge in [0.2, 0.25) is 5.91 Å².